The third-order valence-electron chi connectivity index (χ3n) is 2.74. The van der Waals surface area contributed by atoms with Crippen LogP contribution < -0.4 is 0 Å². The SMILES string of the molecule is O=C(O)Cc1ccccc1CSc1cc(Cl)ccc1Cl. The van der Waals surface area contributed by atoms with E-state index in [9.17, 15) is 4.79 Å². The van der Waals surface area contributed by atoms with Gasteiger partial charge in [0.15, 0.2) is 0 Å². The third kappa shape index (κ3) is 4.17. The van der Waals surface area contributed by atoms with E-state index in [0.29, 0.717) is 15.8 Å². The Bertz CT molecular complexity index is 629. The number of aliphatic carboxylic acids is 1. The number of carbonyl (C=O) groups is 1. The Morgan fingerprint density at radius 1 is 1.10 bits per heavy atom. The van der Waals surface area contributed by atoms with Crippen molar-refractivity contribution in [3.8, 4) is 0 Å². The van der Waals surface area contributed by atoms with Crippen molar-refractivity contribution in [2.45, 2.75) is 17.1 Å². The van der Waals surface area contributed by atoms with E-state index in [1.807, 2.05) is 30.3 Å². The highest BCUT2D eigenvalue weighted by molar-refractivity contribution is 7.98. The van der Waals surface area contributed by atoms with E-state index in [1.54, 1.807) is 23.9 Å². The van der Waals surface area contributed by atoms with Gasteiger partial charge in [-0.15, -0.1) is 11.8 Å². The van der Waals surface area contributed by atoms with Crippen molar-refractivity contribution in [1.82, 2.24) is 0 Å². The highest BCUT2D eigenvalue weighted by Gasteiger charge is 2.08. The standard InChI is InChI=1S/C15H12Cl2O2S/c16-12-5-6-13(17)14(8-12)20-9-11-4-2-1-3-10(11)7-15(18)19/h1-6,8H,7,9H2,(H,18,19). The minimum atomic E-state index is -0.830. The topological polar surface area (TPSA) is 37.3 Å². The summed E-state index contributed by atoms with van der Waals surface area (Å²) in [5.74, 6) is -0.174. The fourth-order valence-electron chi connectivity index (χ4n) is 1.78. The number of thioether (sulfide) groups is 1. The summed E-state index contributed by atoms with van der Waals surface area (Å²) in [4.78, 5) is 11.7. The highest BCUT2D eigenvalue weighted by Crippen LogP contribution is 2.32. The van der Waals surface area contributed by atoms with Crippen molar-refractivity contribution >= 4 is 40.9 Å². The van der Waals surface area contributed by atoms with Crippen molar-refractivity contribution < 1.29 is 9.90 Å². The molecular weight excluding hydrogens is 315 g/mol. The monoisotopic (exact) mass is 326 g/mol. The van der Waals surface area contributed by atoms with Gasteiger partial charge >= 0.3 is 5.97 Å². The maximum atomic E-state index is 10.8. The first-order valence-corrected chi connectivity index (χ1v) is 7.67. The van der Waals surface area contributed by atoms with Crippen LogP contribution in [0.15, 0.2) is 47.4 Å². The second-order valence-electron chi connectivity index (χ2n) is 4.20. The summed E-state index contributed by atoms with van der Waals surface area (Å²) < 4.78 is 0. The first kappa shape index (κ1) is 15.2. The van der Waals surface area contributed by atoms with Crippen LogP contribution >= 0.6 is 35.0 Å². The lowest BCUT2D eigenvalue weighted by molar-refractivity contribution is -0.136. The number of benzene rings is 2. The minimum Gasteiger partial charge on any atom is -0.481 e. The maximum Gasteiger partial charge on any atom is 0.307 e. The molecule has 2 aromatic carbocycles. The van der Waals surface area contributed by atoms with E-state index in [4.69, 9.17) is 28.3 Å². The Morgan fingerprint density at radius 2 is 1.80 bits per heavy atom. The zero-order chi connectivity index (χ0) is 14.5. The molecule has 2 nitrogen and oxygen atoms in total. The highest BCUT2D eigenvalue weighted by atomic mass is 35.5. The molecule has 0 unspecified atom stereocenters. The number of rotatable bonds is 5. The molecule has 0 spiro atoms. The zero-order valence-electron chi connectivity index (χ0n) is 10.5. The third-order valence-corrected chi connectivity index (χ3v) is 4.52. The predicted octanol–water partition coefficient (Wildman–Crippen LogP) is 4.91. The first-order chi connectivity index (χ1) is 9.56. The molecule has 0 amide bonds. The molecule has 20 heavy (non-hydrogen) atoms. The summed E-state index contributed by atoms with van der Waals surface area (Å²) in [7, 11) is 0. The van der Waals surface area contributed by atoms with Gasteiger partial charge in [-0.1, -0.05) is 47.5 Å². The van der Waals surface area contributed by atoms with E-state index in [2.05, 4.69) is 0 Å². The smallest absolute Gasteiger partial charge is 0.307 e. The van der Waals surface area contributed by atoms with Crippen LogP contribution in [0.25, 0.3) is 0 Å². The molecule has 0 radical (unpaired) electrons. The molecule has 0 saturated carbocycles. The van der Waals surface area contributed by atoms with Crippen LogP contribution in [0.5, 0.6) is 0 Å². The first-order valence-electron chi connectivity index (χ1n) is 5.92. The molecule has 2 rings (SSSR count). The Morgan fingerprint density at radius 3 is 2.50 bits per heavy atom. The molecule has 2 aromatic rings. The fraction of sp³-hybridized carbons (Fsp3) is 0.133. The van der Waals surface area contributed by atoms with Crippen LogP contribution in [0.1, 0.15) is 11.1 Å². The quantitative estimate of drug-likeness (QED) is 0.793. The molecule has 0 heterocycles. The van der Waals surface area contributed by atoms with Crippen LogP contribution in [0.2, 0.25) is 10.0 Å². The van der Waals surface area contributed by atoms with Crippen LogP contribution in [-0.2, 0) is 17.0 Å². The molecule has 0 aromatic heterocycles. The second kappa shape index (κ2) is 7.02. The summed E-state index contributed by atoms with van der Waals surface area (Å²) >= 11 is 13.6. The minimum absolute atomic E-state index is 0.0278. The Hall–Kier alpha value is -1.16. The molecule has 0 saturated heterocycles. The van der Waals surface area contributed by atoms with E-state index >= 15 is 0 Å². The number of hydrogen-bond donors (Lipinski definition) is 1. The van der Waals surface area contributed by atoms with Gasteiger partial charge in [-0.2, -0.15) is 0 Å². The normalized spacial score (nSPS) is 10.5. The lowest BCUT2D eigenvalue weighted by Crippen LogP contribution is -2.02. The lowest BCUT2D eigenvalue weighted by atomic mass is 10.1. The predicted molar refractivity (Wildman–Crippen MR) is 83.8 cm³/mol. The molecule has 5 heteroatoms. The van der Waals surface area contributed by atoms with Gasteiger partial charge in [-0.05, 0) is 29.3 Å². The summed E-state index contributed by atoms with van der Waals surface area (Å²) in [6, 6.07) is 12.8. The molecule has 1 N–H and O–H groups in total. The van der Waals surface area contributed by atoms with Crippen LogP contribution in [0.3, 0.4) is 0 Å². The van der Waals surface area contributed by atoms with Gasteiger partial charge in [0.2, 0.25) is 0 Å². The van der Waals surface area contributed by atoms with E-state index in [-0.39, 0.29) is 6.42 Å². The van der Waals surface area contributed by atoms with E-state index in [0.717, 1.165) is 16.0 Å². The molecule has 0 bridgehead atoms. The van der Waals surface area contributed by atoms with E-state index < -0.39 is 5.97 Å². The van der Waals surface area contributed by atoms with Gasteiger partial charge in [0.25, 0.3) is 0 Å². The van der Waals surface area contributed by atoms with Gasteiger partial charge in [0, 0.05) is 15.7 Å². The van der Waals surface area contributed by atoms with Gasteiger partial charge in [-0.3, -0.25) is 4.79 Å². The maximum absolute atomic E-state index is 10.8. The molecule has 0 aliphatic heterocycles. The second-order valence-corrected chi connectivity index (χ2v) is 6.06. The van der Waals surface area contributed by atoms with Gasteiger partial charge in [0.05, 0.1) is 11.4 Å². The van der Waals surface area contributed by atoms with Crippen molar-refractivity contribution in [2.24, 2.45) is 0 Å². The van der Waals surface area contributed by atoms with Gasteiger partial charge < -0.3 is 5.11 Å². The Kier molecular flexibility index (Phi) is 5.35. The van der Waals surface area contributed by atoms with Crippen molar-refractivity contribution in [3.63, 3.8) is 0 Å². The summed E-state index contributed by atoms with van der Waals surface area (Å²) in [5.41, 5.74) is 1.82. The lowest BCUT2D eigenvalue weighted by Gasteiger charge is -2.08. The summed E-state index contributed by atoms with van der Waals surface area (Å²) in [6.07, 6.45) is 0.0278. The Labute approximate surface area is 131 Å². The average Bonchev–Trinajstić information content (AvgIpc) is 2.41. The van der Waals surface area contributed by atoms with Crippen molar-refractivity contribution in [1.29, 1.82) is 0 Å². The average molecular weight is 327 g/mol. The zero-order valence-corrected chi connectivity index (χ0v) is 12.8. The number of carboxylic acids is 1. The number of carboxylic acid groups (broad SMARTS) is 1. The molecule has 0 atom stereocenters. The van der Waals surface area contributed by atoms with E-state index in [1.165, 1.54) is 0 Å². The molecule has 104 valence electrons. The van der Waals surface area contributed by atoms with Gasteiger partial charge in [0.1, 0.15) is 0 Å². The molecular formula is C15H12Cl2O2S. The van der Waals surface area contributed by atoms with Crippen molar-refractivity contribution in [3.05, 3.63) is 63.6 Å². The molecule has 0 fully saturated rings. The fourth-order valence-corrected chi connectivity index (χ4v) is 3.30. The summed E-state index contributed by atoms with van der Waals surface area (Å²) in [5, 5.41) is 10.2. The van der Waals surface area contributed by atoms with Crippen LogP contribution in [-0.4, -0.2) is 11.1 Å². The number of hydrogen-bond acceptors (Lipinski definition) is 2. The number of halogens is 2. The van der Waals surface area contributed by atoms with Crippen LogP contribution in [0.4, 0.5) is 0 Å². The molecule has 0 aliphatic carbocycles. The van der Waals surface area contributed by atoms with Gasteiger partial charge in [-0.25, -0.2) is 0 Å². The Balaban J connectivity index is 2.14. The molecule has 0 aliphatic rings. The largest absolute Gasteiger partial charge is 0.481 e. The van der Waals surface area contributed by atoms with Crippen molar-refractivity contribution in [2.75, 3.05) is 0 Å². The van der Waals surface area contributed by atoms with Crippen LogP contribution in [0, 0.1) is 0 Å². The summed E-state index contributed by atoms with van der Waals surface area (Å²) in [6.45, 7) is 0.